The molecule has 0 bridgehead atoms. The maximum atomic E-state index is 14.1. The van der Waals surface area contributed by atoms with Crippen molar-refractivity contribution in [3.8, 4) is 0 Å². The minimum absolute atomic E-state index is 0.270. The zero-order valence-electron chi connectivity index (χ0n) is 20.2. The van der Waals surface area contributed by atoms with Crippen LogP contribution in [0.25, 0.3) is 0 Å². The molecule has 1 fully saturated rings. The Kier molecular flexibility index (Phi) is 8.24. The van der Waals surface area contributed by atoms with Crippen LogP contribution in [0, 0.1) is 5.41 Å². The maximum absolute atomic E-state index is 14.1. The van der Waals surface area contributed by atoms with E-state index in [0.29, 0.717) is 16.5 Å². The van der Waals surface area contributed by atoms with E-state index in [1.54, 1.807) is 36.9 Å². The molecule has 1 amide bonds. The second-order valence-electron chi connectivity index (χ2n) is 9.72. The minimum atomic E-state index is -3.50. The number of likely N-dealkylation sites (tertiary alicyclic amines) is 1. The van der Waals surface area contributed by atoms with Gasteiger partial charge in [0.2, 0.25) is 5.91 Å². The van der Waals surface area contributed by atoms with Gasteiger partial charge in [-0.15, -0.1) is 0 Å². The lowest BCUT2D eigenvalue weighted by atomic mass is 9.67. The third-order valence-corrected chi connectivity index (χ3v) is 9.28. The Bertz CT molecular complexity index is 1200. The number of nitrogens with zero attached hydrogens (tertiary/aromatic N) is 1. The highest BCUT2D eigenvalue weighted by molar-refractivity contribution is 7.91. The topological polar surface area (TPSA) is 91.8 Å². The van der Waals surface area contributed by atoms with Gasteiger partial charge in [-0.3, -0.25) is 9.59 Å². The number of carbonyl (C=O) groups is 2. The van der Waals surface area contributed by atoms with E-state index < -0.39 is 38.6 Å². The fourth-order valence-corrected chi connectivity index (χ4v) is 6.50. The van der Waals surface area contributed by atoms with E-state index in [9.17, 15) is 23.1 Å². The highest BCUT2D eigenvalue weighted by Gasteiger charge is 2.53. The van der Waals surface area contributed by atoms with E-state index >= 15 is 0 Å². The summed E-state index contributed by atoms with van der Waals surface area (Å²) in [5, 5.41) is 9.89. The lowest BCUT2D eigenvalue weighted by molar-refractivity contribution is -0.160. The van der Waals surface area contributed by atoms with Crippen molar-refractivity contribution in [3.05, 3.63) is 69.7 Å². The van der Waals surface area contributed by atoms with Crippen LogP contribution in [0.3, 0.4) is 0 Å². The molecule has 1 saturated heterocycles. The average molecular weight is 541 g/mol. The maximum Gasteiger partial charge on any atom is 0.304 e. The van der Waals surface area contributed by atoms with Gasteiger partial charge in [0.05, 0.1) is 23.1 Å². The quantitative estimate of drug-likeness (QED) is 0.461. The zero-order chi connectivity index (χ0) is 26.1. The van der Waals surface area contributed by atoms with E-state index in [-0.39, 0.29) is 24.7 Å². The van der Waals surface area contributed by atoms with Gasteiger partial charge in [0, 0.05) is 28.3 Å². The molecule has 0 unspecified atom stereocenters. The van der Waals surface area contributed by atoms with Crippen LogP contribution in [0.1, 0.15) is 63.1 Å². The molecular formula is C26H31Cl2NO5S. The molecule has 0 radical (unpaired) electrons. The van der Waals surface area contributed by atoms with Crippen molar-refractivity contribution in [3.63, 3.8) is 0 Å². The molecule has 35 heavy (non-hydrogen) atoms. The predicted octanol–water partition coefficient (Wildman–Crippen LogP) is 5.74. The van der Waals surface area contributed by atoms with Crippen LogP contribution < -0.4 is 0 Å². The standard InChI is InChI=1S/C26H31Cl2NO5S/c1-5-22(16(2)35(4,33)34)29-24(17-9-11-19(27)12-10-17)21(18-7-6-8-20(28)13-18)14-26(3,25(29)32)15-23(30)31/h6-13,16,21-22,24H,5,14-15H2,1-4H3,(H,30,31)/t16-,21-,22+,24-,26+/m1/s1. The van der Waals surface area contributed by atoms with Crippen LogP contribution in [-0.4, -0.2) is 47.8 Å². The van der Waals surface area contributed by atoms with Gasteiger partial charge in [0.1, 0.15) is 0 Å². The van der Waals surface area contributed by atoms with Gasteiger partial charge in [-0.1, -0.05) is 61.3 Å². The predicted molar refractivity (Wildman–Crippen MR) is 139 cm³/mol. The molecule has 6 nitrogen and oxygen atoms in total. The Hall–Kier alpha value is -2.09. The summed E-state index contributed by atoms with van der Waals surface area (Å²) in [6, 6.07) is 13.3. The van der Waals surface area contributed by atoms with E-state index in [4.69, 9.17) is 23.2 Å². The number of hydrogen-bond acceptors (Lipinski definition) is 4. The van der Waals surface area contributed by atoms with E-state index in [1.807, 2.05) is 37.3 Å². The van der Waals surface area contributed by atoms with Gasteiger partial charge in [-0.05, 0) is 55.2 Å². The van der Waals surface area contributed by atoms with Crippen LogP contribution in [0.2, 0.25) is 10.0 Å². The summed E-state index contributed by atoms with van der Waals surface area (Å²) in [5.74, 6) is -1.77. The van der Waals surface area contributed by atoms with Crippen molar-refractivity contribution in [1.82, 2.24) is 4.90 Å². The van der Waals surface area contributed by atoms with Crippen molar-refractivity contribution >= 4 is 44.9 Å². The molecule has 190 valence electrons. The molecule has 3 rings (SSSR count). The first-order valence-corrected chi connectivity index (χ1v) is 14.2. The first-order valence-electron chi connectivity index (χ1n) is 11.5. The number of amides is 1. The molecule has 0 aliphatic carbocycles. The van der Waals surface area contributed by atoms with Crippen LogP contribution in [0.4, 0.5) is 0 Å². The third-order valence-electron chi connectivity index (χ3n) is 7.12. The summed E-state index contributed by atoms with van der Waals surface area (Å²) in [5.41, 5.74) is 0.421. The monoisotopic (exact) mass is 539 g/mol. The number of carboxylic acids is 1. The summed E-state index contributed by atoms with van der Waals surface area (Å²) >= 11 is 12.5. The van der Waals surface area contributed by atoms with Gasteiger partial charge in [0.15, 0.2) is 9.84 Å². The third kappa shape index (κ3) is 5.84. The summed E-state index contributed by atoms with van der Waals surface area (Å²) in [6.07, 6.45) is 1.45. The van der Waals surface area contributed by atoms with Crippen molar-refractivity contribution < 1.29 is 23.1 Å². The first kappa shape index (κ1) is 27.5. The molecule has 0 spiro atoms. The van der Waals surface area contributed by atoms with Crippen molar-refractivity contribution in [2.45, 2.75) is 63.3 Å². The van der Waals surface area contributed by atoms with Gasteiger partial charge >= 0.3 is 5.97 Å². The zero-order valence-corrected chi connectivity index (χ0v) is 22.6. The number of piperidine rings is 1. The molecule has 9 heteroatoms. The van der Waals surface area contributed by atoms with Crippen molar-refractivity contribution in [2.75, 3.05) is 6.26 Å². The second-order valence-corrected chi connectivity index (χ2v) is 13.0. The number of benzene rings is 2. The summed E-state index contributed by atoms with van der Waals surface area (Å²) in [6.45, 7) is 5.10. The normalized spacial score (nSPS) is 24.7. The molecule has 0 saturated carbocycles. The summed E-state index contributed by atoms with van der Waals surface area (Å²) in [4.78, 5) is 27.6. The molecule has 1 aliphatic heterocycles. The molecule has 1 heterocycles. The van der Waals surface area contributed by atoms with Crippen molar-refractivity contribution in [1.29, 1.82) is 0 Å². The first-order chi connectivity index (χ1) is 16.3. The van der Waals surface area contributed by atoms with Crippen LogP contribution >= 0.6 is 23.2 Å². The SMILES string of the molecule is CC[C@@H]([C@@H](C)S(C)(=O)=O)N1C(=O)[C@](C)(CC(=O)O)C[C@H](c2cccc(Cl)c2)[C@H]1c1ccc(Cl)cc1. The Morgan fingerprint density at radius 1 is 1.14 bits per heavy atom. The number of sulfone groups is 1. The molecule has 1 aliphatic rings. The van der Waals surface area contributed by atoms with E-state index in [2.05, 4.69) is 0 Å². The van der Waals surface area contributed by atoms with Crippen LogP contribution in [0.15, 0.2) is 48.5 Å². The fourth-order valence-electron chi connectivity index (χ4n) is 5.28. The number of rotatable bonds is 8. The number of halogens is 2. The summed E-state index contributed by atoms with van der Waals surface area (Å²) < 4.78 is 25.3. The lowest BCUT2D eigenvalue weighted by Crippen LogP contribution is -2.59. The lowest BCUT2D eigenvalue weighted by Gasteiger charge is -2.52. The molecule has 1 N–H and O–H groups in total. The number of carboxylic acid groups (broad SMARTS) is 1. The van der Waals surface area contributed by atoms with Gasteiger partial charge in [-0.25, -0.2) is 8.42 Å². The Morgan fingerprint density at radius 2 is 1.77 bits per heavy atom. The molecule has 2 aromatic carbocycles. The van der Waals surface area contributed by atoms with Crippen LogP contribution in [0.5, 0.6) is 0 Å². The number of carbonyl (C=O) groups excluding carboxylic acids is 1. The van der Waals surface area contributed by atoms with E-state index in [0.717, 1.165) is 17.4 Å². The summed E-state index contributed by atoms with van der Waals surface area (Å²) in [7, 11) is -3.50. The molecular weight excluding hydrogens is 509 g/mol. The Morgan fingerprint density at radius 3 is 2.29 bits per heavy atom. The minimum Gasteiger partial charge on any atom is -0.481 e. The fraction of sp³-hybridized carbons (Fsp3) is 0.462. The van der Waals surface area contributed by atoms with Gasteiger partial charge in [-0.2, -0.15) is 0 Å². The average Bonchev–Trinajstić information content (AvgIpc) is 2.76. The highest BCUT2D eigenvalue weighted by Crippen LogP contribution is 2.52. The molecule has 0 aromatic heterocycles. The molecule has 2 aromatic rings. The van der Waals surface area contributed by atoms with E-state index in [1.165, 1.54) is 0 Å². The molecule has 5 atom stereocenters. The largest absolute Gasteiger partial charge is 0.481 e. The highest BCUT2D eigenvalue weighted by atomic mass is 35.5. The van der Waals surface area contributed by atoms with Gasteiger partial charge < -0.3 is 10.0 Å². The number of hydrogen-bond donors (Lipinski definition) is 1. The Labute approximate surface area is 217 Å². The number of aliphatic carboxylic acids is 1. The smallest absolute Gasteiger partial charge is 0.304 e. The second kappa shape index (κ2) is 10.5. The Balaban J connectivity index is 2.30. The van der Waals surface area contributed by atoms with Crippen molar-refractivity contribution in [2.24, 2.45) is 5.41 Å². The van der Waals surface area contributed by atoms with Gasteiger partial charge in [0.25, 0.3) is 0 Å². The van der Waals surface area contributed by atoms with Crippen LogP contribution in [-0.2, 0) is 19.4 Å².